The fourth-order valence-corrected chi connectivity index (χ4v) is 2.53. The summed E-state index contributed by atoms with van der Waals surface area (Å²) in [5, 5.41) is 2.68. The van der Waals surface area contributed by atoms with Crippen molar-refractivity contribution in [2.45, 2.75) is 40.2 Å². The number of amidine groups is 1. The monoisotopic (exact) mass is 312 g/mol. The maximum Gasteiger partial charge on any atom is 0.320 e. The molecule has 0 saturated carbocycles. The van der Waals surface area contributed by atoms with Crippen LogP contribution in [0.15, 0.2) is 4.99 Å². The van der Waals surface area contributed by atoms with E-state index in [0.717, 1.165) is 0 Å². The highest BCUT2D eigenvalue weighted by Gasteiger charge is 2.56. The second kappa shape index (κ2) is 6.06. The lowest BCUT2D eigenvalue weighted by atomic mass is 9.73. The number of hydrogen-bond donors (Lipinski definition) is 1. The van der Waals surface area contributed by atoms with Crippen LogP contribution in [0.1, 0.15) is 34.6 Å². The van der Waals surface area contributed by atoms with Gasteiger partial charge in [0.25, 0.3) is 0 Å². The Hall–Kier alpha value is -1.92. The fraction of sp³-hybridized carbons (Fsp3) is 0.733. The number of aliphatic imine (C=N–C) groups is 1. The van der Waals surface area contributed by atoms with Crippen LogP contribution in [-0.4, -0.2) is 43.4 Å². The highest BCUT2D eigenvalue weighted by molar-refractivity contribution is 6.13. The van der Waals surface area contributed by atoms with Crippen LogP contribution in [0.5, 0.6) is 0 Å². The Bertz CT molecular complexity index is 501. The SMILES string of the molecule is COC(=O)C(C(=O)OC)C1C(=O)NC(=NC(C)(C)C)C1(C)C. The molecule has 1 atom stereocenters. The van der Waals surface area contributed by atoms with Crippen LogP contribution >= 0.6 is 0 Å². The molecule has 0 aromatic carbocycles. The van der Waals surface area contributed by atoms with Crippen LogP contribution in [0.25, 0.3) is 0 Å². The number of methoxy groups -OCH3 is 2. The van der Waals surface area contributed by atoms with E-state index in [4.69, 9.17) is 0 Å². The Morgan fingerprint density at radius 1 is 1.18 bits per heavy atom. The average molecular weight is 312 g/mol. The van der Waals surface area contributed by atoms with Crippen molar-refractivity contribution in [3.63, 3.8) is 0 Å². The highest BCUT2D eigenvalue weighted by Crippen LogP contribution is 2.40. The number of nitrogens with zero attached hydrogens (tertiary/aromatic N) is 1. The number of esters is 2. The minimum Gasteiger partial charge on any atom is -0.468 e. The Kier molecular flexibility index (Phi) is 4.99. The van der Waals surface area contributed by atoms with Gasteiger partial charge in [-0.3, -0.25) is 19.4 Å². The van der Waals surface area contributed by atoms with Gasteiger partial charge in [-0.15, -0.1) is 0 Å². The standard InChI is InChI=1S/C15H24N2O5/c1-14(2,3)17-13-15(4,5)9(10(18)16-13)8(11(19)21-6)12(20)22-7/h8-9H,1-7H3,(H,16,17,18). The van der Waals surface area contributed by atoms with Gasteiger partial charge in [0.05, 0.1) is 25.7 Å². The van der Waals surface area contributed by atoms with Crippen molar-refractivity contribution in [3.8, 4) is 0 Å². The Balaban J connectivity index is 3.33. The summed E-state index contributed by atoms with van der Waals surface area (Å²) in [4.78, 5) is 40.8. The lowest BCUT2D eigenvalue weighted by Gasteiger charge is -2.29. The van der Waals surface area contributed by atoms with E-state index in [-0.39, 0.29) is 0 Å². The predicted octanol–water partition coefficient (Wildman–Crippen LogP) is 0.918. The molecule has 1 aliphatic rings. The van der Waals surface area contributed by atoms with Crippen LogP contribution in [0.3, 0.4) is 0 Å². The van der Waals surface area contributed by atoms with E-state index in [9.17, 15) is 14.4 Å². The first-order valence-electron chi connectivity index (χ1n) is 7.02. The third-order valence-electron chi connectivity index (χ3n) is 3.60. The zero-order chi connectivity index (χ0) is 17.3. The molecule has 1 aliphatic heterocycles. The lowest BCUT2D eigenvalue weighted by molar-refractivity contribution is -0.165. The maximum absolute atomic E-state index is 12.4. The third kappa shape index (κ3) is 3.45. The summed E-state index contributed by atoms with van der Waals surface area (Å²) in [5.41, 5.74) is -1.22. The number of nitrogens with one attached hydrogen (secondary N) is 1. The molecule has 1 unspecified atom stereocenters. The molecule has 1 heterocycles. The van der Waals surface area contributed by atoms with E-state index in [2.05, 4.69) is 19.8 Å². The summed E-state index contributed by atoms with van der Waals surface area (Å²) < 4.78 is 9.33. The quantitative estimate of drug-likeness (QED) is 0.617. The summed E-state index contributed by atoms with van der Waals surface area (Å²) in [6.45, 7) is 9.22. The molecule has 22 heavy (non-hydrogen) atoms. The number of rotatable bonds is 3. The van der Waals surface area contributed by atoms with E-state index in [1.165, 1.54) is 14.2 Å². The summed E-state index contributed by atoms with van der Waals surface area (Å²) in [5.74, 6) is -3.83. The minimum atomic E-state index is -1.32. The number of hydrogen-bond acceptors (Lipinski definition) is 6. The van der Waals surface area contributed by atoms with Gasteiger partial charge in [-0.25, -0.2) is 0 Å². The van der Waals surface area contributed by atoms with Gasteiger partial charge in [-0.1, -0.05) is 13.8 Å². The Morgan fingerprint density at radius 2 is 1.64 bits per heavy atom. The minimum absolute atomic E-state index is 0.402. The molecular formula is C15H24N2O5. The number of carbonyl (C=O) groups excluding carboxylic acids is 3. The molecule has 0 spiro atoms. The third-order valence-corrected chi connectivity index (χ3v) is 3.60. The lowest BCUT2D eigenvalue weighted by Crippen LogP contribution is -2.42. The molecule has 1 N–H and O–H groups in total. The molecule has 1 saturated heterocycles. The van der Waals surface area contributed by atoms with Crippen LogP contribution < -0.4 is 5.32 Å². The number of amides is 1. The maximum atomic E-state index is 12.4. The van der Waals surface area contributed by atoms with E-state index in [1.807, 2.05) is 20.8 Å². The summed E-state index contributed by atoms with van der Waals surface area (Å²) >= 11 is 0. The van der Waals surface area contributed by atoms with Crippen LogP contribution in [0.2, 0.25) is 0 Å². The second-order valence-electron chi connectivity index (χ2n) is 6.84. The van der Waals surface area contributed by atoms with Crippen molar-refractivity contribution >= 4 is 23.7 Å². The molecule has 1 rings (SSSR count). The van der Waals surface area contributed by atoms with E-state index < -0.39 is 40.6 Å². The van der Waals surface area contributed by atoms with Crippen LogP contribution in [0.4, 0.5) is 0 Å². The largest absolute Gasteiger partial charge is 0.468 e. The van der Waals surface area contributed by atoms with Crippen molar-refractivity contribution in [1.29, 1.82) is 0 Å². The van der Waals surface area contributed by atoms with Gasteiger partial charge in [0.2, 0.25) is 5.91 Å². The second-order valence-corrected chi connectivity index (χ2v) is 6.84. The van der Waals surface area contributed by atoms with Gasteiger partial charge in [-0.05, 0) is 20.8 Å². The van der Waals surface area contributed by atoms with Gasteiger partial charge in [-0.2, -0.15) is 0 Å². The molecule has 1 amide bonds. The molecule has 0 radical (unpaired) electrons. The molecule has 0 aromatic heterocycles. The molecule has 124 valence electrons. The average Bonchev–Trinajstić information content (AvgIpc) is 2.59. The van der Waals surface area contributed by atoms with Crippen molar-refractivity contribution in [2.75, 3.05) is 14.2 Å². The van der Waals surface area contributed by atoms with Crippen LogP contribution in [0, 0.1) is 17.3 Å². The molecular weight excluding hydrogens is 288 g/mol. The first kappa shape index (κ1) is 18.1. The smallest absolute Gasteiger partial charge is 0.320 e. The highest BCUT2D eigenvalue weighted by atomic mass is 16.5. The predicted molar refractivity (Wildman–Crippen MR) is 80.1 cm³/mol. The normalized spacial score (nSPS) is 22.6. The summed E-state index contributed by atoms with van der Waals surface area (Å²) in [6.07, 6.45) is 0. The van der Waals surface area contributed by atoms with Gasteiger partial charge >= 0.3 is 11.9 Å². The Morgan fingerprint density at radius 3 is 2.00 bits per heavy atom. The van der Waals surface area contributed by atoms with Crippen molar-refractivity contribution in [1.82, 2.24) is 5.32 Å². The summed E-state index contributed by atoms with van der Waals surface area (Å²) in [7, 11) is 2.34. The first-order chi connectivity index (χ1) is 9.95. The van der Waals surface area contributed by atoms with Gasteiger partial charge < -0.3 is 14.8 Å². The topological polar surface area (TPSA) is 94.1 Å². The zero-order valence-electron chi connectivity index (χ0n) is 14.1. The zero-order valence-corrected chi connectivity index (χ0v) is 14.1. The van der Waals surface area contributed by atoms with Gasteiger partial charge in [0, 0.05) is 5.41 Å². The van der Waals surface area contributed by atoms with Crippen LogP contribution in [-0.2, 0) is 23.9 Å². The molecule has 7 nitrogen and oxygen atoms in total. The van der Waals surface area contributed by atoms with Crippen molar-refractivity contribution < 1.29 is 23.9 Å². The fourth-order valence-electron chi connectivity index (χ4n) is 2.53. The first-order valence-corrected chi connectivity index (χ1v) is 7.02. The van der Waals surface area contributed by atoms with E-state index in [0.29, 0.717) is 5.84 Å². The van der Waals surface area contributed by atoms with E-state index >= 15 is 0 Å². The molecule has 1 fully saturated rings. The molecule has 0 aromatic rings. The van der Waals surface area contributed by atoms with Gasteiger partial charge in [0.1, 0.15) is 5.84 Å². The van der Waals surface area contributed by atoms with Crippen molar-refractivity contribution in [3.05, 3.63) is 0 Å². The number of ether oxygens (including phenoxy) is 2. The number of carbonyl (C=O) groups is 3. The Labute approximate surface area is 130 Å². The van der Waals surface area contributed by atoms with E-state index in [1.54, 1.807) is 13.8 Å². The van der Waals surface area contributed by atoms with Crippen molar-refractivity contribution in [2.24, 2.45) is 22.2 Å². The molecule has 0 aliphatic carbocycles. The molecule has 0 bridgehead atoms. The molecule has 7 heteroatoms. The van der Waals surface area contributed by atoms with Gasteiger partial charge in [0.15, 0.2) is 5.92 Å². The summed E-state index contributed by atoms with van der Waals surface area (Å²) in [6, 6.07) is 0.